The number of carbonyl (C=O) groups is 2. The van der Waals surface area contributed by atoms with Crippen molar-refractivity contribution in [2.75, 3.05) is 0 Å². The van der Waals surface area contributed by atoms with Crippen molar-refractivity contribution in [2.45, 2.75) is 20.3 Å². The molecule has 0 bridgehead atoms. The third-order valence-corrected chi connectivity index (χ3v) is 5.85. The molecule has 5 nitrogen and oxygen atoms in total. The summed E-state index contributed by atoms with van der Waals surface area (Å²) in [6, 6.07) is 7.39. The summed E-state index contributed by atoms with van der Waals surface area (Å²) >= 11 is 7.56. The van der Waals surface area contributed by atoms with Gasteiger partial charge in [0.1, 0.15) is 11.5 Å². The topological polar surface area (TPSA) is 68.3 Å². The van der Waals surface area contributed by atoms with Crippen molar-refractivity contribution in [1.29, 1.82) is 0 Å². The molecule has 3 heterocycles. The normalized spacial score (nSPS) is 15.5. The van der Waals surface area contributed by atoms with E-state index in [1.807, 2.05) is 31.2 Å². The van der Waals surface area contributed by atoms with Gasteiger partial charge in [0, 0.05) is 41.5 Å². The minimum Gasteiger partial charge on any atom is -0.458 e. The van der Waals surface area contributed by atoms with Gasteiger partial charge in [-0.2, -0.15) is 0 Å². The summed E-state index contributed by atoms with van der Waals surface area (Å²) in [6.07, 6.45) is 10.4. The van der Waals surface area contributed by atoms with E-state index in [1.54, 1.807) is 31.5 Å². The van der Waals surface area contributed by atoms with Crippen LogP contribution in [0.4, 0.5) is 0 Å². The molecule has 0 fully saturated rings. The number of nitrogens with zero attached hydrogens (tertiary/aromatic N) is 1. The summed E-state index contributed by atoms with van der Waals surface area (Å²) in [5, 5.41) is 2.97. The minimum atomic E-state index is -0.290. The molecule has 0 radical (unpaired) electrons. The lowest BCUT2D eigenvalue weighted by Crippen LogP contribution is -2.14. The van der Waals surface area contributed by atoms with Gasteiger partial charge in [-0.15, -0.1) is 11.3 Å². The largest absolute Gasteiger partial charge is 0.458 e. The van der Waals surface area contributed by atoms with Crippen molar-refractivity contribution in [2.24, 2.45) is 0 Å². The van der Waals surface area contributed by atoms with E-state index in [0.717, 1.165) is 21.6 Å². The van der Waals surface area contributed by atoms with Crippen LogP contribution in [-0.4, -0.2) is 16.7 Å². The van der Waals surface area contributed by atoms with E-state index in [0.29, 0.717) is 22.8 Å². The first-order valence-electron chi connectivity index (χ1n) is 9.46. The highest BCUT2D eigenvalue weighted by Gasteiger charge is 2.22. The van der Waals surface area contributed by atoms with Gasteiger partial charge in [-0.05, 0) is 49.3 Å². The molecule has 1 aliphatic rings. The maximum atomic E-state index is 12.1. The Morgan fingerprint density at radius 2 is 2.03 bits per heavy atom. The first-order chi connectivity index (χ1) is 14.8. The Morgan fingerprint density at radius 1 is 1.26 bits per heavy atom. The summed E-state index contributed by atoms with van der Waals surface area (Å²) in [4.78, 5) is 29.3. The zero-order valence-electron chi connectivity index (χ0n) is 17.1. The molecule has 158 valence electrons. The fourth-order valence-electron chi connectivity index (χ4n) is 2.85. The maximum Gasteiger partial charge on any atom is 0.248 e. The number of allylic oxidation sites excluding steroid dienone is 4. The average Bonchev–Trinajstić information content (AvgIpc) is 3.39. The quantitative estimate of drug-likeness (QED) is 0.422. The second-order valence-corrected chi connectivity index (χ2v) is 8.36. The number of ether oxygens (including phenoxy) is 1. The van der Waals surface area contributed by atoms with Gasteiger partial charge in [-0.3, -0.25) is 14.6 Å². The van der Waals surface area contributed by atoms with Crippen LogP contribution in [0.2, 0.25) is 0 Å². The molecule has 0 atom stereocenters. The van der Waals surface area contributed by atoms with E-state index in [-0.39, 0.29) is 16.7 Å². The molecular formula is C24H21ClN2O3S. The monoisotopic (exact) mass is 452 g/mol. The number of halogens is 1. The zero-order chi connectivity index (χ0) is 22.4. The molecule has 0 spiro atoms. The van der Waals surface area contributed by atoms with Crippen molar-refractivity contribution in [3.8, 4) is 0 Å². The van der Waals surface area contributed by atoms with Gasteiger partial charge in [0.25, 0.3) is 0 Å². The van der Waals surface area contributed by atoms with E-state index in [2.05, 4.69) is 16.9 Å². The van der Waals surface area contributed by atoms with Crippen LogP contribution in [0, 0.1) is 0 Å². The average molecular weight is 453 g/mol. The lowest BCUT2D eigenvalue weighted by molar-refractivity contribution is -0.115. The van der Waals surface area contributed by atoms with E-state index in [1.165, 1.54) is 23.6 Å². The molecule has 31 heavy (non-hydrogen) atoms. The molecule has 1 amide bonds. The number of nitrogens with one attached hydrogen (secondary N) is 1. The Balaban J connectivity index is 1.69. The third-order valence-electron chi connectivity index (χ3n) is 4.36. The number of hydrogen-bond donors (Lipinski definition) is 1. The van der Waals surface area contributed by atoms with Crippen LogP contribution < -0.4 is 5.32 Å². The summed E-state index contributed by atoms with van der Waals surface area (Å²) < 4.78 is 5.79. The predicted molar refractivity (Wildman–Crippen MR) is 125 cm³/mol. The van der Waals surface area contributed by atoms with Crippen molar-refractivity contribution in [3.05, 3.63) is 99.0 Å². The van der Waals surface area contributed by atoms with Crippen LogP contribution in [0.15, 0.2) is 83.7 Å². The lowest BCUT2D eigenvalue weighted by atomic mass is 10.1. The minimum absolute atomic E-state index is 0.0424. The number of Topliss-reactive ketones (excluding diaryl/α,β-unsaturated/α-hetero) is 1. The SMILES string of the molecule is C=C(Cl)C1=C(C=C(C)c2ccc(C(C)=O)s2)C/C(=C/NC(=O)/C=C\c2cccnc2)O1. The lowest BCUT2D eigenvalue weighted by Gasteiger charge is -2.03. The van der Waals surface area contributed by atoms with Crippen molar-refractivity contribution < 1.29 is 14.3 Å². The van der Waals surface area contributed by atoms with Gasteiger partial charge >= 0.3 is 0 Å². The van der Waals surface area contributed by atoms with Gasteiger partial charge in [0.05, 0.1) is 9.91 Å². The first kappa shape index (κ1) is 22.5. The predicted octanol–water partition coefficient (Wildman–Crippen LogP) is 5.85. The standard InChI is InChI=1S/C24H21ClN2O3S/c1-15(21-7-8-22(31-21)17(3)28)11-19-12-20(30-24(19)16(2)25)14-27-23(29)9-6-18-5-4-10-26-13-18/h4-11,13-14H,2,12H2,1,3H3,(H,27,29)/b9-6-,15-11?,20-14-. The molecule has 0 saturated heterocycles. The molecule has 0 aliphatic carbocycles. The Labute approximate surface area is 190 Å². The zero-order valence-corrected chi connectivity index (χ0v) is 18.7. The number of amides is 1. The van der Waals surface area contributed by atoms with Crippen molar-refractivity contribution in [1.82, 2.24) is 10.3 Å². The summed E-state index contributed by atoms with van der Waals surface area (Å²) in [5.74, 6) is 0.771. The Morgan fingerprint density at radius 3 is 2.68 bits per heavy atom. The van der Waals surface area contributed by atoms with Crippen molar-refractivity contribution >= 4 is 46.3 Å². The van der Waals surface area contributed by atoms with Gasteiger partial charge in [-0.1, -0.05) is 30.3 Å². The van der Waals surface area contributed by atoms with E-state index in [9.17, 15) is 9.59 Å². The second-order valence-electron chi connectivity index (χ2n) is 6.82. The van der Waals surface area contributed by atoms with Crippen LogP contribution in [0.25, 0.3) is 11.6 Å². The van der Waals surface area contributed by atoms with Gasteiger partial charge in [0.15, 0.2) is 5.78 Å². The molecule has 2 aromatic rings. The van der Waals surface area contributed by atoms with Gasteiger partial charge in [0.2, 0.25) is 5.91 Å². The van der Waals surface area contributed by atoms with Crippen LogP contribution in [0.1, 0.15) is 40.4 Å². The number of carbonyl (C=O) groups excluding carboxylic acids is 2. The van der Waals surface area contributed by atoms with Gasteiger partial charge in [-0.25, -0.2) is 0 Å². The molecule has 1 aliphatic heterocycles. The number of hydrogen-bond acceptors (Lipinski definition) is 5. The molecule has 7 heteroatoms. The summed E-state index contributed by atoms with van der Waals surface area (Å²) in [6.45, 7) is 7.28. The molecule has 3 rings (SSSR count). The Kier molecular flexibility index (Phi) is 7.39. The maximum absolute atomic E-state index is 12.1. The fraction of sp³-hybridized carbons (Fsp3) is 0.125. The smallest absolute Gasteiger partial charge is 0.248 e. The van der Waals surface area contributed by atoms with Crippen LogP contribution in [-0.2, 0) is 9.53 Å². The Hall–Kier alpha value is -3.22. The second kappa shape index (κ2) is 10.2. The fourth-order valence-corrected chi connectivity index (χ4v) is 3.88. The van der Waals surface area contributed by atoms with E-state index < -0.39 is 0 Å². The number of aromatic nitrogens is 1. The van der Waals surface area contributed by atoms with E-state index in [4.69, 9.17) is 16.3 Å². The highest BCUT2D eigenvalue weighted by atomic mass is 35.5. The van der Waals surface area contributed by atoms with Crippen molar-refractivity contribution in [3.63, 3.8) is 0 Å². The highest BCUT2D eigenvalue weighted by molar-refractivity contribution is 7.15. The molecule has 0 unspecified atom stereocenters. The van der Waals surface area contributed by atoms with Crippen LogP contribution >= 0.6 is 22.9 Å². The van der Waals surface area contributed by atoms with Crippen LogP contribution in [0.3, 0.4) is 0 Å². The third kappa shape index (κ3) is 6.13. The van der Waals surface area contributed by atoms with Crippen LogP contribution in [0.5, 0.6) is 0 Å². The summed E-state index contributed by atoms with van der Waals surface area (Å²) in [7, 11) is 0. The molecular weight excluding hydrogens is 432 g/mol. The number of rotatable bonds is 7. The number of pyridine rings is 1. The van der Waals surface area contributed by atoms with Gasteiger partial charge < -0.3 is 10.1 Å². The number of thiophene rings is 1. The molecule has 0 saturated carbocycles. The van der Waals surface area contributed by atoms with E-state index >= 15 is 0 Å². The molecule has 0 aromatic carbocycles. The summed E-state index contributed by atoms with van der Waals surface area (Å²) in [5.41, 5.74) is 2.66. The number of ketones is 1. The molecule has 2 aromatic heterocycles. The first-order valence-corrected chi connectivity index (χ1v) is 10.7. The molecule has 1 N–H and O–H groups in total. The Bertz CT molecular complexity index is 1140. The highest BCUT2D eigenvalue weighted by Crippen LogP contribution is 2.36.